The Balaban J connectivity index is 1.45. The van der Waals surface area contributed by atoms with Gasteiger partial charge in [0.05, 0.1) is 12.7 Å². The number of nitrogens with one attached hydrogen (secondary N) is 3. The van der Waals surface area contributed by atoms with Crippen molar-refractivity contribution in [1.82, 2.24) is 20.8 Å². The van der Waals surface area contributed by atoms with Crippen molar-refractivity contribution in [2.45, 2.75) is 32.4 Å². The number of hydrogen-bond donors (Lipinski definition) is 4. The summed E-state index contributed by atoms with van der Waals surface area (Å²) in [6.45, 7) is 3.65. The number of aromatic amines is 1. The molecule has 5 rings (SSSR count). The number of phenols is 1. The molecular weight excluding hydrogens is 583 g/mol. The van der Waals surface area contributed by atoms with E-state index in [1.807, 2.05) is 13.8 Å². The van der Waals surface area contributed by atoms with Crippen LogP contribution in [0.25, 0.3) is 22.2 Å². The maximum atomic E-state index is 14.1. The summed E-state index contributed by atoms with van der Waals surface area (Å²) in [7, 11) is 1.20. The minimum Gasteiger partial charge on any atom is -0.508 e. The molecule has 45 heavy (non-hydrogen) atoms. The summed E-state index contributed by atoms with van der Waals surface area (Å²) in [6, 6.07) is 16.8. The van der Waals surface area contributed by atoms with Crippen LogP contribution in [0.1, 0.15) is 52.2 Å². The van der Waals surface area contributed by atoms with Crippen LogP contribution in [0.3, 0.4) is 0 Å². The molecule has 0 fully saturated rings. The lowest BCUT2D eigenvalue weighted by Gasteiger charge is -2.23. The highest BCUT2D eigenvalue weighted by molar-refractivity contribution is 6.01. The number of oxazole rings is 1. The van der Waals surface area contributed by atoms with Gasteiger partial charge in [0.2, 0.25) is 11.8 Å². The van der Waals surface area contributed by atoms with Crippen molar-refractivity contribution in [3.63, 3.8) is 0 Å². The van der Waals surface area contributed by atoms with Crippen LogP contribution in [0.15, 0.2) is 83.4 Å². The van der Waals surface area contributed by atoms with E-state index in [1.165, 1.54) is 31.4 Å². The van der Waals surface area contributed by atoms with Gasteiger partial charge in [-0.25, -0.2) is 19.0 Å². The molecule has 0 saturated heterocycles. The van der Waals surface area contributed by atoms with Gasteiger partial charge < -0.3 is 29.4 Å². The monoisotopic (exact) mass is 614 g/mol. The first-order chi connectivity index (χ1) is 21.6. The van der Waals surface area contributed by atoms with Crippen molar-refractivity contribution < 1.29 is 37.9 Å². The number of aromatic nitrogens is 2. The molecule has 11 nitrogen and oxygen atoms in total. The number of halogens is 1. The molecule has 2 heterocycles. The van der Waals surface area contributed by atoms with Crippen molar-refractivity contribution in [1.29, 1.82) is 0 Å². The average molecular weight is 615 g/mol. The summed E-state index contributed by atoms with van der Waals surface area (Å²) in [5, 5.41) is 13.1. The van der Waals surface area contributed by atoms with Gasteiger partial charge in [-0.05, 0) is 60.4 Å². The zero-order valence-electron chi connectivity index (χ0n) is 24.7. The lowest BCUT2D eigenvalue weighted by Crippen LogP contribution is -2.48. The van der Waals surface area contributed by atoms with Crippen molar-refractivity contribution in [2.24, 2.45) is 5.92 Å². The quantitative estimate of drug-likeness (QED) is 0.115. The number of carbonyl (C=O) groups is 3. The fourth-order valence-corrected chi connectivity index (χ4v) is 4.75. The molecule has 0 radical (unpaired) electrons. The van der Waals surface area contributed by atoms with Gasteiger partial charge in [0, 0.05) is 22.7 Å². The molecule has 0 unspecified atom stereocenters. The molecular formula is C33H31FN4O7. The Kier molecular flexibility index (Phi) is 9.24. The fourth-order valence-electron chi connectivity index (χ4n) is 4.75. The number of methoxy groups -OCH3 is 1. The third kappa shape index (κ3) is 7.02. The SMILES string of the molecule is COC(=O)c1nc([C@@H](NC(=O)[C@H](Cc2ccc(O)cc2)NOC(=O)c2ccccc2)C(C)C)oc1-c1c[nH]c2ccc(F)cc12. The Bertz CT molecular complexity index is 1820. The first kappa shape index (κ1) is 31.0. The molecule has 3 aromatic carbocycles. The second-order valence-electron chi connectivity index (χ2n) is 10.6. The number of esters is 1. The minimum atomic E-state index is -1.07. The molecule has 232 valence electrons. The average Bonchev–Trinajstić information content (AvgIpc) is 3.66. The number of carbonyl (C=O) groups excluding carboxylic acids is 3. The zero-order chi connectivity index (χ0) is 32.1. The molecule has 5 aromatic rings. The van der Waals surface area contributed by atoms with Crippen LogP contribution in [0.5, 0.6) is 5.75 Å². The van der Waals surface area contributed by atoms with E-state index in [1.54, 1.807) is 54.7 Å². The van der Waals surface area contributed by atoms with Crippen molar-refractivity contribution in [2.75, 3.05) is 7.11 Å². The van der Waals surface area contributed by atoms with Gasteiger partial charge in [-0.2, -0.15) is 0 Å². The molecule has 2 aromatic heterocycles. The number of hydrogen-bond acceptors (Lipinski definition) is 9. The first-order valence-electron chi connectivity index (χ1n) is 14.1. The van der Waals surface area contributed by atoms with E-state index < -0.39 is 35.7 Å². The third-order valence-electron chi connectivity index (χ3n) is 7.14. The molecule has 0 spiro atoms. The number of H-pyrrole nitrogens is 1. The van der Waals surface area contributed by atoms with E-state index >= 15 is 0 Å². The van der Waals surface area contributed by atoms with Crippen molar-refractivity contribution >= 4 is 28.7 Å². The first-order valence-corrected chi connectivity index (χ1v) is 14.1. The Morgan fingerprint density at radius 1 is 1.02 bits per heavy atom. The van der Waals surface area contributed by atoms with Crippen LogP contribution in [0.2, 0.25) is 0 Å². The highest BCUT2D eigenvalue weighted by atomic mass is 19.1. The van der Waals surface area contributed by atoms with Gasteiger partial charge >= 0.3 is 11.9 Å². The molecule has 0 aliphatic rings. The van der Waals surface area contributed by atoms with Crippen molar-refractivity contribution in [3.8, 4) is 17.1 Å². The van der Waals surface area contributed by atoms with Crippen LogP contribution in [-0.2, 0) is 20.8 Å². The normalized spacial score (nSPS) is 12.6. The highest BCUT2D eigenvalue weighted by Crippen LogP contribution is 2.35. The van der Waals surface area contributed by atoms with Crippen LogP contribution in [0.4, 0.5) is 4.39 Å². The summed E-state index contributed by atoms with van der Waals surface area (Å²) in [5.41, 5.74) is 4.40. The van der Waals surface area contributed by atoms with Gasteiger partial charge in [-0.3, -0.25) is 4.79 Å². The van der Waals surface area contributed by atoms with Gasteiger partial charge in [0.15, 0.2) is 11.5 Å². The highest BCUT2D eigenvalue weighted by Gasteiger charge is 2.32. The molecule has 4 N–H and O–H groups in total. The Morgan fingerprint density at radius 3 is 2.44 bits per heavy atom. The van der Waals surface area contributed by atoms with E-state index in [0.29, 0.717) is 22.0 Å². The van der Waals surface area contributed by atoms with Gasteiger partial charge in [-0.15, -0.1) is 5.48 Å². The summed E-state index contributed by atoms with van der Waals surface area (Å²) in [4.78, 5) is 51.9. The van der Waals surface area contributed by atoms with E-state index in [0.717, 1.165) is 0 Å². The number of aromatic hydroxyl groups is 1. The molecule has 0 aliphatic carbocycles. The largest absolute Gasteiger partial charge is 0.508 e. The maximum absolute atomic E-state index is 14.1. The van der Waals surface area contributed by atoms with Gasteiger partial charge in [0.1, 0.15) is 23.7 Å². The number of benzene rings is 3. The number of hydroxylamine groups is 1. The molecule has 12 heteroatoms. The Hall–Kier alpha value is -5.49. The second-order valence-corrected chi connectivity index (χ2v) is 10.6. The molecule has 1 amide bonds. The number of phenolic OH excluding ortho intramolecular Hbond substituents is 1. The Morgan fingerprint density at radius 2 is 1.76 bits per heavy atom. The van der Waals surface area contributed by atoms with Crippen LogP contribution < -0.4 is 10.8 Å². The van der Waals surface area contributed by atoms with Crippen molar-refractivity contribution in [3.05, 3.63) is 108 Å². The Labute approximate surface area is 257 Å². The summed E-state index contributed by atoms with van der Waals surface area (Å²) in [6.07, 6.45) is 1.66. The molecule has 0 bridgehead atoms. The summed E-state index contributed by atoms with van der Waals surface area (Å²) in [5.74, 6) is -2.66. The number of amides is 1. The van der Waals surface area contributed by atoms with Crippen LogP contribution in [-0.4, -0.2) is 46.1 Å². The second kappa shape index (κ2) is 13.4. The lowest BCUT2D eigenvalue weighted by molar-refractivity contribution is -0.127. The molecule has 2 atom stereocenters. The van der Waals surface area contributed by atoms with E-state index in [9.17, 15) is 23.9 Å². The number of ether oxygens (including phenoxy) is 1. The lowest BCUT2D eigenvalue weighted by atomic mass is 10.0. The van der Waals surface area contributed by atoms with Crippen LogP contribution >= 0.6 is 0 Å². The van der Waals surface area contributed by atoms with Gasteiger partial charge in [0.25, 0.3) is 0 Å². The number of nitrogens with zero attached hydrogens (tertiary/aromatic N) is 1. The topological polar surface area (TPSA) is 156 Å². The van der Waals surface area contributed by atoms with E-state index in [2.05, 4.69) is 20.8 Å². The zero-order valence-corrected chi connectivity index (χ0v) is 24.7. The van der Waals surface area contributed by atoms with E-state index in [4.69, 9.17) is 14.0 Å². The molecule has 0 saturated carbocycles. The fraction of sp³-hybridized carbons (Fsp3) is 0.212. The summed E-state index contributed by atoms with van der Waals surface area (Å²) >= 11 is 0. The van der Waals surface area contributed by atoms with Crippen LogP contribution in [0, 0.1) is 11.7 Å². The predicted molar refractivity (Wildman–Crippen MR) is 161 cm³/mol. The molecule has 0 aliphatic heterocycles. The number of rotatable bonds is 11. The van der Waals surface area contributed by atoms with Gasteiger partial charge in [-0.1, -0.05) is 44.2 Å². The minimum absolute atomic E-state index is 0.0177. The number of fused-ring (bicyclic) bond motifs is 1. The smallest absolute Gasteiger partial charge is 0.360 e. The maximum Gasteiger partial charge on any atom is 0.360 e. The predicted octanol–water partition coefficient (Wildman–Crippen LogP) is 5.24. The standard InChI is InChI=1S/C33H31FN4O7/c1-18(2)27(31-37-28(33(42)43-3)29(44-31)24-17-35-25-14-11-21(34)16-23(24)25)36-30(40)26(15-19-9-12-22(39)13-10-19)38-45-32(41)20-7-5-4-6-8-20/h4-14,16-18,26-27,35,38-39H,15H2,1-3H3,(H,36,40)/t26-,27-/m0/s1. The summed E-state index contributed by atoms with van der Waals surface area (Å²) < 4.78 is 25.2. The third-order valence-corrected chi connectivity index (χ3v) is 7.14. The van der Waals surface area contributed by atoms with E-state index in [-0.39, 0.29) is 41.0 Å².